The topological polar surface area (TPSA) is 43.1 Å². The summed E-state index contributed by atoms with van der Waals surface area (Å²) in [4.78, 5) is 9.71. The number of hydrogen-bond donors (Lipinski definition) is 0. The maximum Gasteiger partial charge on any atom is 0.286 e. The molecule has 0 amide bonds. The number of halogens is 3. The second-order valence-corrected chi connectivity index (χ2v) is 5.20. The van der Waals surface area contributed by atoms with E-state index < -0.39 is 22.2 Å². The molecule has 0 aliphatic carbocycles. The van der Waals surface area contributed by atoms with E-state index in [-0.39, 0.29) is 10.1 Å². The molecule has 0 bridgehead atoms. The summed E-state index contributed by atoms with van der Waals surface area (Å²) in [6, 6.07) is 1.72. The van der Waals surface area contributed by atoms with Gasteiger partial charge < -0.3 is 0 Å². The third-order valence-electron chi connectivity index (χ3n) is 2.06. The van der Waals surface area contributed by atoms with Gasteiger partial charge in [-0.15, -0.1) is 23.4 Å². The minimum Gasteiger partial charge on any atom is -0.258 e. The molecular weight excluding hydrogens is 272 g/mol. The Kier molecular flexibility index (Phi) is 5.14. The molecule has 3 nitrogen and oxygen atoms in total. The molecule has 0 saturated carbocycles. The number of benzene rings is 1. The standard InChI is InChI=1S/C10H10ClF2NO2S/c1-6(4-5-11)17-10-8(14(15)16)3-2-7(12)9(10)13/h2-3,6H,4-5H2,1H3. The van der Waals surface area contributed by atoms with Gasteiger partial charge in [-0.05, 0) is 12.5 Å². The largest absolute Gasteiger partial charge is 0.286 e. The Balaban J connectivity index is 3.10. The fourth-order valence-electron chi connectivity index (χ4n) is 1.19. The normalized spacial score (nSPS) is 12.5. The van der Waals surface area contributed by atoms with Gasteiger partial charge in [-0.25, -0.2) is 8.78 Å². The molecule has 17 heavy (non-hydrogen) atoms. The summed E-state index contributed by atoms with van der Waals surface area (Å²) in [6.45, 7) is 1.75. The summed E-state index contributed by atoms with van der Waals surface area (Å²) in [5.41, 5.74) is -0.421. The van der Waals surface area contributed by atoms with Gasteiger partial charge in [0.05, 0.1) is 4.92 Å². The Hall–Kier alpha value is -0.880. The molecule has 1 atom stereocenters. The van der Waals surface area contributed by atoms with Crippen LogP contribution in [0.3, 0.4) is 0 Å². The van der Waals surface area contributed by atoms with Crippen molar-refractivity contribution in [3.8, 4) is 0 Å². The molecule has 1 aromatic rings. The lowest BCUT2D eigenvalue weighted by atomic mass is 10.3. The second-order valence-electron chi connectivity index (χ2n) is 3.37. The Bertz CT molecular complexity index is 431. The van der Waals surface area contributed by atoms with E-state index in [1.165, 1.54) is 0 Å². The summed E-state index contributed by atoms with van der Waals surface area (Å²) in [5, 5.41) is 10.6. The molecule has 0 spiro atoms. The predicted octanol–water partition coefficient (Wildman–Crippen LogP) is 3.98. The van der Waals surface area contributed by atoms with Crippen LogP contribution in [0.25, 0.3) is 0 Å². The van der Waals surface area contributed by atoms with Crippen LogP contribution in [0, 0.1) is 21.7 Å². The van der Waals surface area contributed by atoms with E-state index in [0.717, 1.165) is 23.9 Å². The number of alkyl halides is 1. The lowest BCUT2D eigenvalue weighted by molar-refractivity contribution is -0.388. The van der Waals surface area contributed by atoms with E-state index in [2.05, 4.69) is 0 Å². The first-order chi connectivity index (χ1) is 7.97. The molecule has 1 rings (SSSR count). The van der Waals surface area contributed by atoms with E-state index >= 15 is 0 Å². The van der Waals surface area contributed by atoms with Gasteiger partial charge in [-0.2, -0.15) is 0 Å². The van der Waals surface area contributed by atoms with E-state index in [1.807, 2.05) is 0 Å². The van der Waals surface area contributed by atoms with E-state index in [4.69, 9.17) is 11.6 Å². The van der Waals surface area contributed by atoms with Crippen molar-refractivity contribution in [3.63, 3.8) is 0 Å². The van der Waals surface area contributed by atoms with Gasteiger partial charge in [0.1, 0.15) is 4.90 Å². The van der Waals surface area contributed by atoms with Crippen LogP contribution in [0.5, 0.6) is 0 Å². The Labute approximate surface area is 106 Å². The highest BCUT2D eigenvalue weighted by molar-refractivity contribution is 8.00. The van der Waals surface area contributed by atoms with Crippen LogP contribution in [0.1, 0.15) is 13.3 Å². The van der Waals surface area contributed by atoms with Gasteiger partial charge in [0.15, 0.2) is 11.6 Å². The van der Waals surface area contributed by atoms with Crippen LogP contribution in [0.2, 0.25) is 0 Å². The lowest BCUT2D eigenvalue weighted by Crippen LogP contribution is -2.02. The quantitative estimate of drug-likeness (QED) is 0.355. The molecule has 0 fully saturated rings. The zero-order valence-electron chi connectivity index (χ0n) is 8.95. The first-order valence-corrected chi connectivity index (χ1v) is 6.23. The average molecular weight is 282 g/mol. The Morgan fingerprint density at radius 3 is 2.71 bits per heavy atom. The summed E-state index contributed by atoms with van der Waals surface area (Å²) < 4.78 is 26.5. The predicted molar refractivity (Wildman–Crippen MR) is 63.7 cm³/mol. The van der Waals surface area contributed by atoms with E-state index in [1.54, 1.807) is 6.92 Å². The SMILES string of the molecule is CC(CCCl)Sc1c([N+](=O)[O-])ccc(F)c1F. The molecule has 94 valence electrons. The van der Waals surface area contributed by atoms with Crippen LogP contribution in [0.15, 0.2) is 17.0 Å². The third kappa shape index (κ3) is 3.54. The van der Waals surface area contributed by atoms with Gasteiger partial charge in [0.25, 0.3) is 5.69 Å². The first kappa shape index (κ1) is 14.2. The highest BCUT2D eigenvalue weighted by Gasteiger charge is 2.23. The van der Waals surface area contributed by atoms with Gasteiger partial charge in [-0.1, -0.05) is 6.92 Å². The van der Waals surface area contributed by atoms with Gasteiger partial charge in [-0.3, -0.25) is 10.1 Å². The smallest absolute Gasteiger partial charge is 0.258 e. The number of hydrogen-bond acceptors (Lipinski definition) is 3. The van der Waals surface area contributed by atoms with Gasteiger partial charge in [0, 0.05) is 17.2 Å². The van der Waals surface area contributed by atoms with E-state index in [0.29, 0.717) is 12.3 Å². The molecular formula is C10H10ClF2NO2S. The molecule has 0 saturated heterocycles. The number of nitrogens with zero attached hydrogens (tertiary/aromatic N) is 1. The maximum absolute atomic E-state index is 13.5. The van der Waals surface area contributed by atoms with Crippen LogP contribution in [-0.4, -0.2) is 16.1 Å². The highest BCUT2D eigenvalue weighted by atomic mass is 35.5. The second kappa shape index (κ2) is 6.16. The molecule has 7 heteroatoms. The molecule has 0 aliphatic rings. The zero-order valence-corrected chi connectivity index (χ0v) is 10.5. The van der Waals surface area contributed by atoms with Crippen molar-refractivity contribution in [2.75, 3.05) is 5.88 Å². The van der Waals surface area contributed by atoms with Crippen molar-refractivity contribution in [3.05, 3.63) is 33.9 Å². The highest BCUT2D eigenvalue weighted by Crippen LogP contribution is 2.36. The fraction of sp³-hybridized carbons (Fsp3) is 0.400. The van der Waals surface area contributed by atoms with Crippen molar-refractivity contribution < 1.29 is 13.7 Å². The molecule has 1 aromatic carbocycles. The Morgan fingerprint density at radius 2 is 2.18 bits per heavy atom. The van der Waals surface area contributed by atoms with Crippen molar-refractivity contribution >= 4 is 29.1 Å². The Morgan fingerprint density at radius 1 is 1.53 bits per heavy atom. The fourth-order valence-corrected chi connectivity index (χ4v) is 2.75. The van der Waals surface area contributed by atoms with Crippen LogP contribution in [-0.2, 0) is 0 Å². The minimum absolute atomic E-state index is 0.123. The minimum atomic E-state index is -1.18. The number of nitro groups is 1. The lowest BCUT2D eigenvalue weighted by Gasteiger charge is -2.10. The summed E-state index contributed by atoms with van der Waals surface area (Å²) in [6.07, 6.45) is 0.555. The molecule has 0 aromatic heterocycles. The third-order valence-corrected chi connectivity index (χ3v) is 3.54. The van der Waals surface area contributed by atoms with Gasteiger partial charge >= 0.3 is 0 Å². The summed E-state index contributed by atoms with van der Waals surface area (Å²) in [7, 11) is 0. The summed E-state index contributed by atoms with van der Waals surface area (Å²) in [5.74, 6) is -1.90. The van der Waals surface area contributed by atoms with E-state index in [9.17, 15) is 18.9 Å². The van der Waals surface area contributed by atoms with Crippen molar-refractivity contribution in [1.82, 2.24) is 0 Å². The van der Waals surface area contributed by atoms with Crippen molar-refractivity contribution in [1.29, 1.82) is 0 Å². The first-order valence-electron chi connectivity index (χ1n) is 4.82. The number of rotatable bonds is 5. The maximum atomic E-state index is 13.5. The van der Waals surface area contributed by atoms with Crippen molar-refractivity contribution in [2.45, 2.75) is 23.5 Å². The number of nitro benzene ring substituents is 1. The molecule has 0 radical (unpaired) electrons. The monoisotopic (exact) mass is 281 g/mol. The zero-order chi connectivity index (χ0) is 13.0. The van der Waals surface area contributed by atoms with Gasteiger partial charge in [0.2, 0.25) is 0 Å². The molecule has 0 N–H and O–H groups in total. The van der Waals surface area contributed by atoms with Crippen molar-refractivity contribution in [2.24, 2.45) is 0 Å². The summed E-state index contributed by atoms with van der Waals surface area (Å²) >= 11 is 6.44. The molecule has 0 heterocycles. The van der Waals surface area contributed by atoms with Crippen LogP contribution >= 0.6 is 23.4 Å². The number of thioether (sulfide) groups is 1. The molecule has 1 unspecified atom stereocenters. The average Bonchev–Trinajstić information content (AvgIpc) is 2.25. The van der Waals surface area contributed by atoms with Crippen LogP contribution in [0.4, 0.5) is 14.5 Å². The molecule has 0 aliphatic heterocycles. The van der Waals surface area contributed by atoms with Crippen LogP contribution < -0.4 is 0 Å².